The number of likely N-dealkylation sites (tertiary alicyclic amines) is 1. The van der Waals surface area contributed by atoms with Crippen LogP contribution in [0.15, 0.2) is 42.5 Å². The molecule has 2 aromatic rings. The van der Waals surface area contributed by atoms with Gasteiger partial charge in [-0.25, -0.2) is 0 Å². The van der Waals surface area contributed by atoms with E-state index < -0.39 is 0 Å². The smallest absolute Gasteiger partial charge is 0.228 e. The lowest BCUT2D eigenvalue weighted by molar-refractivity contribution is -0.121. The molecule has 1 saturated heterocycles. The van der Waals surface area contributed by atoms with Crippen molar-refractivity contribution in [3.63, 3.8) is 0 Å². The summed E-state index contributed by atoms with van der Waals surface area (Å²) in [6.07, 6.45) is 5.42. The van der Waals surface area contributed by atoms with Crippen molar-refractivity contribution in [3.8, 4) is 0 Å². The van der Waals surface area contributed by atoms with Gasteiger partial charge in [0.15, 0.2) is 0 Å². The van der Waals surface area contributed by atoms with Crippen LogP contribution < -0.4 is 5.32 Å². The lowest BCUT2D eigenvalue weighted by atomic mass is 9.96. The predicted octanol–water partition coefficient (Wildman–Crippen LogP) is 6.19. The number of hydrogen-bond donors (Lipinski definition) is 1. The predicted molar refractivity (Wildman–Crippen MR) is 118 cm³/mol. The van der Waals surface area contributed by atoms with Gasteiger partial charge in [0.2, 0.25) is 5.91 Å². The number of halogens is 2. The van der Waals surface area contributed by atoms with Gasteiger partial charge < -0.3 is 5.32 Å². The van der Waals surface area contributed by atoms with E-state index in [-0.39, 0.29) is 11.8 Å². The van der Waals surface area contributed by atoms with Crippen molar-refractivity contribution in [2.45, 2.75) is 45.6 Å². The van der Waals surface area contributed by atoms with Crippen molar-refractivity contribution in [1.29, 1.82) is 0 Å². The molecule has 1 fully saturated rings. The summed E-state index contributed by atoms with van der Waals surface area (Å²) in [5, 5.41) is 4.42. The summed E-state index contributed by atoms with van der Waals surface area (Å²) in [6.45, 7) is 4.67. The minimum absolute atomic E-state index is 0.000376. The summed E-state index contributed by atoms with van der Waals surface area (Å²) >= 11 is 12.3. The monoisotopic (exact) mass is 418 g/mol. The van der Waals surface area contributed by atoms with Crippen molar-refractivity contribution in [2.24, 2.45) is 5.92 Å². The largest absolute Gasteiger partial charge is 0.326 e. The number of carbonyl (C=O) groups excluding carboxylic acids is 1. The number of aryl methyl sites for hydroxylation is 1. The van der Waals surface area contributed by atoms with Crippen LogP contribution in [0.25, 0.3) is 0 Å². The first-order valence-electron chi connectivity index (χ1n) is 10.1. The van der Waals surface area contributed by atoms with Crippen LogP contribution >= 0.6 is 23.2 Å². The third kappa shape index (κ3) is 5.97. The summed E-state index contributed by atoms with van der Waals surface area (Å²) in [5.41, 5.74) is 3.25. The fraction of sp³-hybridized carbons (Fsp3) is 0.435. The first kappa shape index (κ1) is 21.2. The molecule has 1 aliphatic heterocycles. The summed E-state index contributed by atoms with van der Waals surface area (Å²) < 4.78 is 0. The number of rotatable bonds is 7. The molecule has 3 nitrogen and oxygen atoms in total. The summed E-state index contributed by atoms with van der Waals surface area (Å²) in [6, 6.07) is 13.8. The van der Waals surface area contributed by atoms with E-state index >= 15 is 0 Å². The third-order valence-corrected chi connectivity index (χ3v) is 5.91. The van der Waals surface area contributed by atoms with Gasteiger partial charge in [0, 0.05) is 28.8 Å². The number of benzene rings is 2. The fourth-order valence-corrected chi connectivity index (χ4v) is 4.15. The Morgan fingerprint density at radius 3 is 2.68 bits per heavy atom. The van der Waals surface area contributed by atoms with E-state index in [1.165, 1.54) is 18.4 Å². The standard InChI is InChI=1S/C23H28Cl2N2O/c1-2-3-5-17-7-11-21(12-8-17)26-23(28)19-6-4-13-27(16-19)15-18-9-10-20(24)14-22(18)25/h7-12,14,19H,2-6,13,15-16H2,1H3,(H,26,28)/t19-/m1/s1. The average Bonchev–Trinajstić information content (AvgIpc) is 2.70. The number of nitrogens with zero attached hydrogens (tertiary/aromatic N) is 1. The average molecular weight is 419 g/mol. The molecule has 1 amide bonds. The van der Waals surface area contributed by atoms with Crippen molar-refractivity contribution in [2.75, 3.05) is 18.4 Å². The van der Waals surface area contributed by atoms with E-state index in [9.17, 15) is 4.79 Å². The van der Waals surface area contributed by atoms with Gasteiger partial charge in [0.1, 0.15) is 0 Å². The van der Waals surface area contributed by atoms with Gasteiger partial charge in [-0.2, -0.15) is 0 Å². The molecule has 150 valence electrons. The summed E-state index contributed by atoms with van der Waals surface area (Å²) in [5.74, 6) is 0.104. The molecule has 2 aromatic carbocycles. The number of nitrogens with one attached hydrogen (secondary N) is 1. The van der Waals surface area contributed by atoms with E-state index in [4.69, 9.17) is 23.2 Å². The van der Waals surface area contributed by atoms with E-state index in [1.54, 1.807) is 6.07 Å². The molecule has 0 radical (unpaired) electrons. The van der Waals surface area contributed by atoms with Crippen molar-refractivity contribution in [1.82, 2.24) is 4.90 Å². The minimum Gasteiger partial charge on any atom is -0.326 e. The maximum absolute atomic E-state index is 12.8. The molecule has 1 N–H and O–H groups in total. The SMILES string of the molecule is CCCCc1ccc(NC(=O)[C@@H]2CCCN(Cc3ccc(Cl)cc3Cl)C2)cc1. The molecule has 0 aliphatic carbocycles. The van der Waals surface area contributed by atoms with Crippen LogP contribution in [0.5, 0.6) is 0 Å². The van der Waals surface area contributed by atoms with Gasteiger partial charge in [-0.15, -0.1) is 0 Å². The Morgan fingerprint density at radius 1 is 1.18 bits per heavy atom. The molecule has 28 heavy (non-hydrogen) atoms. The van der Waals surface area contributed by atoms with Crippen LogP contribution in [0.1, 0.15) is 43.7 Å². The highest BCUT2D eigenvalue weighted by Crippen LogP contribution is 2.25. The Hall–Kier alpha value is -1.55. The minimum atomic E-state index is -0.000376. The Bertz CT molecular complexity index is 792. The van der Waals surface area contributed by atoms with Gasteiger partial charge in [-0.05, 0) is 67.6 Å². The molecular formula is C23H28Cl2N2O. The Morgan fingerprint density at radius 2 is 1.96 bits per heavy atom. The molecule has 1 heterocycles. The lowest BCUT2D eigenvalue weighted by Gasteiger charge is -2.32. The molecule has 1 atom stereocenters. The van der Waals surface area contributed by atoms with Crippen LogP contribution in [-0.4, -0.2) is 23.9 Å². The number of piperidine rings is 1. The molecule has 0 unspecified atom stereocenters. The van der Waals surface area contributed by atoms with Crippen molar-refractivity contribution in [3.05, 3.63) is 63.6 Å². The zero-order chi connectivity index (χ0) is 19.9. The Balaban J connectivity index is 1.55. The Kier molecular flexibility index (Phi) is 7.78. The number of hydrogen-bond acceptors (Lipinski definition) is 2. The Labute approximate surface area is 178 Å². The molecule has 0 saturated carbocycles. The third-order valence-electron chi connectivity index (χ3n) is 5.33. The van der Waals surface area contributed by atoms with Gasteiger partial charge in [0.05, 0.1) is 5.92 Å². The molecule has 0 bridgehead atoms. The normalized spacial score (nSPS) is 17.5. The van der Waals surface area contributed by atoms with Crippen LogP contribution in [-0.2, 0) is 17.8 Å². The quantitative estimate of drug-likeness (QED) is 0.581. The number of unbranched alkanes of at least 4 members (excludes halogenated alkanes) is 1. The molecule has 0 spiro atoms. The second-order valence-electron chi connectivity index (χ2n) is 7.60. The molecule has 3 rings (SSSR count). The topological polar surface area (TPSA) is 32.3 Å². The fourth-order valence-electron chi connectivity index (χ4n) is 3.68. The van der Waals surface area contributed by atoms with Crippen LogP contribution in [0, 0.1) is 5.92 Å². The van der Waals surface area contributed by atoms with E-state index in [0.717, 1.165) is 50.1 Å². The zero-order valence-electron chi connectivity index (χ0n) is 16.4. The van der Waals surface area contributed by atoms with Gasteiger partial charge in [0.25, 0.3) is 0 Å². The highest BCUT2D eigenvalue weighted by molar-refractivity contribution is 6.35. The number of amides is 1. The highest BCUT2D eigenvalue weighted by atomic mass is 35.5. The van der Waals surface area contributed by atoms with Crippen LogP contribution in [0.4, 0.5) is 5.69 Å². The molecule has 1 aliphatic rings. The lowest BCUT2D eigenvalue weighted by Crippen LogP contribution is -2.40. The van der Waals surface area contributed by atoms with E-state index in [0.29, 0.717) is 10.0 Å². The summed E-state index contributed by atoms with van der Waals surface area (Å²) in [4.78, 5) is 15.1. The van der Waals surface area contributed by atoms with E-state index in [1.807, 2.05) is 24.3 Å². The van der Waals surface area contributed by atoms with Crippen LogP contribution in [0.3, 0.4) is 0 Å². The van der Waals surface area contributed by atoms with Gasteiger partial charge in [-0.1, -0.05) is 54.7 Å². The van der Waals surface area contributed by atoms with Gasteiger partial charge in [-0.3, -0.25) is 9.69 Å². The first-order valence-corrected chi connectivity index (χ1v) is 10.9. The second kappa shape index (κ2) is 10.3. The maximum atomic E-state index is 12.8. The number of anilines is 1. The summed E-state index contributed by atoms with van der Waals surface area (Å²) in [7, 11) is 0. The van der Waals surface area contributed by atoms with E-state index in [2.05, 4.69) is 29.3 Å². The number of carbonyl (C=O) groups is 1. The zero-order valence-corrected chi connectivity index (χ0v) is 17.9. The van der Waals surface area contributed by atoms with Crippen molar-refractivity contribution >= 4 is 34.8 Å². The maximum Gasteiger partial charge on any atom is 0.228 e. The first-order chi connectivity index (χ1) is 13.5. The highest BCUT2D eigenvalue weighted by Gasteiger charge is 2.26. The van der Waals surface area contributed by atoms with Crippen molar-refractivity contribution < 1.29 is 4.79 Å². The molecular weight excluding hydrogens is 391 g/mol. The second-order valence-corrected chi connectivity index (χ2v) is 8.44. The molecule has 0 aromatic heterocycles. The molecule has 5 heteroatoms. The van der Waals surface area contributed by atoms with Gasteiger partial charge >= 0.3 is 0 Å². The van der Waals surface area contributed by atoms with Crippen LogP contribution in [0.2, 0.25) is 10.0 Å².